The van der Waals surface area contributed by atoms with Crippen LogP contribution in [-0.2, 0) is 6.54 Å². The molecule has 140 valence electrons. The lowest BCUT2D eigenvalue weighted by Crippen LogP contribution is -2.36. The molecule has 27 heavy (non-hydrogen) atoms. The number of ether oxygens (including phenoxy) is 1. The third kappa shape index (κ3) is 4.99. The minimum Gasteiger partial charge on any atom is -0.497 e. The molecule has 0 aliphatic carbocycles. The van der Waals surface area contributed by atoms with Crippen molar-refractivity contribution in [1.29, 1.82) is 0 Å². The number of aliphatic hydroxyl groups is 1. The fourth-order valence-corrected chi connectivity index (χ4v) is 3.01. The predicted molar refractivity (Wildman–Crippen MR) is 107 cm³/mol. The van der Waals surface area contributed by atoms with Gasteiger partial charge in [-0.15, -0.1) is 0 Å². The van der Waals surface area contributed by atoms with Crippen LogP contribution >= 0.6 is 0 Å². The molecule has 0 fully saturated rings. The highest BCUT2D eigenvalue weighted by Crippen LogP contribution is 2.25. The number of carbonyl (C=O) groups excluding carboxylic acids is 1. The largest absolute Gasteiger partial charge is 0.497 e. The maximum atomic E-state index is 11.9. The van der Waals surface area contributed by atoms with Gasteiger partial charge in [-0.05, 0) is 40.5 Å². The molecule has 0 aliphatic heterocycles. The van der Waals surface area contributed by atoms with Crippen molar-refractivity contribution in [2.24, 2.45) is 0 Å². The summed E-state index contributed by atoms with van der Waals surface area (Å²) in [4.78, 5) is 11.9. The van der Waals surface area contributed by atoms with Gasteiger partial charge in [-0.3, -0.25) is 0 Å². The van der Waals surface area contributed by atoms with Gasteiger partial charge in [0.25, 0.3) is 0 Å². The first-order valence-electron chi connectivity index (χ1n) is 8.98. The third-order valence-electron chi connectivity index (χ3n) is 4.50. The summed E-state index contributed by atoms with van der Waals surface area (Å²) >= 11 is 0. The Balaban J connectivity index is 1.46. The number of fused-ring (bicyclic) bond motifs is 1. The zero-order chi connectivity index (χ0) is 19.1. The van der Waals surface area contributed by atoms with Crippen LogP contribution in [0.3, 0.4) is 0 Å². The van der Waals surface area contributed by atoms with Crippen molar-refractivity contribution >= 4 is 16.8 Å². The summed E-state index contributed by atoms with van der Waals surface area (Å²) in [5, 5.41) is 18.2. The molecule has 3 rings (SSSR count). The first kappa shape index (κ1) is 18.7. The quantitative estimate of drug-likeness (QED) is 0.598. The topological polar surface area (TPSA) is 70.6 Å². The van der Waals surface area contributed by atoms with E-state index in [1.54, 1.807) is 7.11 Å². The smallest absolute Gasteiger partial charge is 0.315 e. The van der Waals surface area contributed by atoms with Gasteiger partial charge in [0, 0.05) is 13.1 Å². The van der Waals surface area contributed by atoms with E-state index >= 15 is 0 Å². The molecule has 5 nitrogen and oxygen atoms in total. The van der Waals surface area contributed by atoms with Crippen LogP contribution in [0.25, 0.3) is 10.8 Å². The molecule has 0 bridgehead atoms. The summed E-state index contributed by atoms with van der Waals surface area (Å²) in [6.07, 6.45) is -0.178. The van der Waals surface area contributed by atoms with Crippen LogP contribution in [0.2, 0.25) is 0 Å². The number of carbonyl (C=O) groups is 1. The van der Waals surface area contributed by atoms with E-state index in [0.29, 0.717) is 19.5 Å². The summed E-state index contributed by atoms with van der Waals surface area (Å²) in [6, 6.07) is 21.1. The van der Waals surface area contributed by atoms with Crippen molar-refractivity contribution in [2.45, 2.75) is 19.1 Å². The average Bonchev–Trinajstić information content (AvgIpc) is 2.72. The van der Waals surface area contributed by atoms with Gasteiger partial charge in [-0.25, -0.2) is 4.79 Å². The minimum absolute atomic E-state index is 0.254. The number of methoxy groups -OCH3 is 1. The number of aliphatic hydroxyl groups excluding tert-OH is 1. The molecule has 0 aliphatic rings. The van der Waals surface area contributed by atoms with E-state index in [2.05, 4.69) is 10.6 Å². The lowest BCUT2D eigenvalue weighted by atomic mass is 9.99. The maximum Gasteiger partial charge on any atom is 0.315 e. The van der Waals surface area contributed by atoms with Crippen molar-refractivity contribution in [2.75, 3.05) is 13.7 Å². The Labute approximate surface area is 159 Å². The summed E-state index contributed by atoms with van der Waals surface area (Å²) < 4.78 is 5.11. The first-order chi connectivity index (χ1) is 13.2. The van der Waals surface area contributed by atoms with E-state index < -0.39 is 6.10 Å². The van der Waals surface area contributed by atoms with E-state index in [1.807, 2.05) is 66.7 Å². The van der Waals surface area contributed by atoms with Gasteiger partial charge in [0.2, 0.25) is 0 Å². The molecular weight excluding hydrogens is 340 g/mol. The van der Waals surface area contributed by atoms with Gasteiger partial charge < -0.3 is 20.5 Å². The molecule has 0 radical (unpaired) electrons. The Kier molecular flexibility index (Phi) is 6.28. The number of nitrogens with one attached hydrogen (secondary N) is 2. The molecule has 1 atom stereocenters. The molecule has 0 saturated carbocycles. The van der Waals surface area contributed by atoms with Gasteiger partial charge in [0.05, 0.1) is 13.2 Å². The normalized spacial score (nSPS) is 11.8. The van der Waals surface area contributed by atoms with Gasteiger partial charge in [-0.2, -0.15) is 0 Å². The van der Waals surface area contributed by atoms with Gasteiger partial charge >= 0.3 is 6.03 Å². The molecule has 0 aromatic heterocycles. The van der Waals surface area contributed by atoms with Crippen LogP contribution in [0.4, 0.5) is 4.79 Å². The SMILES string of the molecule is COc1ccc(CNC(=O)NCCC(O)c2cccc3ccccc23)cc1. The Hall–Kier alpha value is -3.05. The zero-order valence-corrected chi connectivity index (χ0v) is 15.3. The average molecular weight is 364 g/mol. The number of hydrogen-bond donors (Lipinski definition) is 3. The second-order valence-electron chi connectivity index (χ2n) is 6.33. The van der Waals surface area contributed by atoms with Crippen LogP contribution in [0.15, 0.2) is 66.7 Å². The Morgan fingerprint density at radius 3 is 2.52 bits per heavy atom. The summed E-state index contributed by atoms with van der Waals surface area (Å²) in [5.74, 6) is 0.783. The number of urea groups is 1. The van der Waals surface area contributed by atoms with Crippen molar-refractivity contribution in [1.82, 2.24) is 10.6 Å². The summed E-state index contributed by atoms with van der Waals surface area (Å²) in [7, 11) is 1.62. The maximum absolute atomic E-state index is 11.9. The Morgan fingerprint density at radius 2 is 1.74 bits per heavy atom. The Bertz CT molecular complexity index is 888. The summed E-state index contributed by atoms with van der Waals surface area (Å²) in [5.41, 5.74) is 1.87. The molecular formula is C22H24N2O3. The highest BCUT2D eigenvalue weighted by Gasteiger charge is 2.11. The summed E-state index contributed by atoms with van der Waals surface area (Å²) in [6.45, 7) is 0.820. The number of hydrogen-bond acceptors (Lipinski definition) is 3. The minimum atomic E-state index is -0.627. The molecule has 0 saturated heterocycles. The van der Waals surface area contributed by atoms with E-state index in [4.69, 9.17) is 4.74 Å². The van der Waals surface area contributed by atoms with E-state index in [0.717, 1.165) is 27.6 Å². The standard InChI is InChI=1S/C22H24N2O3/c1-27-18-11-9-16(10-12-18)15-24-22(26)23-14-13-21(25)20-8-4-6-17-5-2-3-7-19(17)20/h2-12,21,25H,13-15H2,1H3,(H2,23,24,26). The molecule has 3 aromatic rings. The molecule has 3 aromatic carbocycles. The molecule has 2 amide bonds. The predicted octanol–water partition coefficient (Wildman–Crippen LogP) is 3.77. The molecule has 0 heterocycles. The van der Waals surface area contributed by atoms with Crippen LogP contribution < -0.4 is 15.4 Å². The number of benzene rings is 3. The number of amides is 2. The Morgan fingerprint density at radius 1 is 1.00 bits per heavy atom. The molecule has 3 N–H and O–H groups in total. The van der Waals surface area contributed by atoms with E-state index in [9.17, 15) is 9.90 Å². The van der Waals surface area contributed by atoms with Gasteiger partial charge in [0.1, 0.15) is 5.75 Å². The van der Waals surface area contributed by atoms with Crippen LogP contribution in [0.1, 0.15) is 23.7 Å². The van der Waals surface area contributed by atoms with Gasteiger partial charge in [-0.1, -0.05) is 54.6 Å². The highest BCUT2D eigenvalue weighted by molar-refractivity contribution is 5.86. The lowest BCUT2D eigenvalue weighted by molar-refractivity contribution is 0.168. The second kappa shape index (κ2) is 9.05. The van der Waals surface area contributed by atoms with Crippen molar-refractivity contribution in [3.8, 4) is 5.75 Å². The lowest BCUT2D eigenvalue weighted by Gasteiger charge is -2.14. The monoisotopic (exact) mass is 364 g/mol. The molecule has 5 heteroatoms. The highest BCUT2D eigenvalue weighted by atomic mass is 16.5. The molecule has 0 spiro atoms. The number of rotatable bonds is 7. The van der Waals surface area contributed by atoms with Crippen molar-refractivity contribution in [3.63, 3.8) is 0 Å². The first-order valence-corrected chi connectivity index (χ1v) is 8.98. The van der Waals surface area contributed by atoms with Crippen molar-refractivity contribution in [3.05, 3.63) is 77.9 Å². The van der Waals surface area contributed by atoms with E-state index in [-0.39, 0.29) is 6.03 Å². The fourth-order valence-electron chi connectivity index (χ4n) is 3.01. The van der Waals surface area contributed by atoms with Crippen LogP contribution in [-0.4, -0.2) is 24.8 Å². The van der Waals surface area contributed by atoms with E-state index in [1.165, 1.54) is 0 Å². The second-order valence-corrected chi connectivity index (χ2v) is 6.33. The van der Waals surface area contributed by atoms with Crippen molar-refractivity contribution < 1.29 is 14.6 Å². The van der Waals surface area contributed by atoms with Crippen LogP contribution in [0.5, 0.6) is 5.75 Å². The third-order valence-corrected chi connectivity index (χ3v) is 4.50. The fraction of sp³-hybridized carbons (Fsp3) is 0.227. The molecule has 1 unspecified atom stereocenters. The zero-order valence-electron chi connectivity index (χ0n) is 15.3. The van der Waals surface area contributed by atoms with Gasteiger partial charge in [0.15, 0.2) is 0 Å². The van der Waals surface area contributed by atoms with Crippen LogP contribution in [0, 0.1) is 0 Å².